The van der Waals surface area contributed by atoms with Crippen LogP contribution in [0.4, 0.5) is 5.82 Å². The molecule has 0 aliphatic carbocycles. The highest BCUT2D eigenvalue weighted by atomic mass is 79.9. The van der Waals surface area contributed by atoms with E-state index in [2.05, 4.69) is 30.9 Å². The number of nitrogens with zero attached hydrogens (tertiary/aromatic N) is 5. The fraction of sp³-hybridized carbons (Fsp3) is 0.533. The first-order chi connectivity index (χ1) is 11.0. The van der Waals surface area contributed by atoms with Crippen molar-refractivity contribution in [3.05, 3.63) is 22.9 Å². The van der Waals surface area contributed by atoms with Crippen molar-refractivity contribution < 1.29 is 4.79 Å². The number of nitrogens with two attached hydrogens (primary N) is 1. The second-order valence-corrected chi connectivity index (χ2v) is 6.98. The van der Waals surface area contributed by atoms with E-state index in [1.165, 1.54) is 0 Å². The molecule has 0 spiro atoms. The Morgan fingerprint density at radius 1 is 1.30 bits per heavy atom. The van der Waals surface area contributed by atoms with Crippen LogP contribution in [-0.4, -0.2) is 57.6 Å². The van der Waals surface area contributed by atoms with Gasteiger partial charge in [0.25, 0.3) is 0 Å². The van der Waals surface area contributed by atoms with Crippen molar-refractivity contribution >= 4 is 33.3 Å². The summed E-state index contributed by atoms with van der Waals surface area (Å²) >= 11 is 3.45. The molecule has 124 valence electrons. The molecule has 3 heterocycles. The van der Waals surface area contributed by atoms with Crippen molar-refractivity contribution in [3.8, 4) is 0 Å². The molecule has 0 aromatic carbocycles. The van der Waals surface area contributed by atoms with Gasteiger partial charge in [-0.3, -0.25) is 4.79 Å². The van der Waals surface area contributed by atoms with Gasteiger partial charge in [-0.1, -0.05) is 13.8 Å². The Hall–Kier alpha value is -1.67. The van der Waals surface area contributed by atoms with E-state index in [0.717, 1.165) is 29.0 Å². The molecule has 23 heavy (non-hydrogen) atoms. The van der Waals surface area contributed by atoms with Crippen molar-refractivity contribution in [3.63, 3.8) is 0 Å². The molecule has 7 nitrogen and oxygen atoms in total. The minimum Gasteiger partial charge on any atom is -0.353 e. The molecule has 0 unspecified atom stereocenters. The predicted molar refractivity (Wildman–Crippen MR) is 92.3 cm³/mol. The van der Waals surface area contributed by atoms with E-state index in [9.17, 15) is 4.79 Å². The Morgan fingerprint density at radius 3 is 2.65 bits per heavy atom. The Kier molecular flexibility index (Phi) is 4.54. The molecule has 2 aromatic heterocycles. The number of hydrogen-bond acceptors (Lipinski definition) is 5. The normalized spacial score (nSPS) is 17.1. The average molecular weight is 381 g/mol. The van der Waals surface area contributed by atoms with Crippen LogP contribution in [0.25, 0.3) is 5.65 Å². The molecule has 1 amide bonds. The number of piperazine rings is 1. The third-order valence-electron chi connectivity index (χ3n) is 4.23. The number of aromatic nitrogens is 3. The molecule has 1 fully saturated rings. The number of hydrogen-bond donors (Lipinski definition) is 1. The SMILES string of the molecule is CC(C)[C@H](N)C(=O)N1CCN(c2ccn3ncc(Br)c3n2)CC1. The van der Waals surface area contributed by atoms with E-state index >= 15 is 0 Å². The molecule has 1 aliphatic rings. The molecule has 1 atom stereocenters. The standard InChI is InChI=1S/C15H21BrN6O/c1-10(2)13(17)15(23)21-7-5-20(6-8-21)12-3-4-22-14(19-12)11(16)9-18-22/h3-4,9-10,13H,5-8,17H2,1-2H3/t13-/m0/s1. The summed E-state index contributed by atoms with van der Waals surface area (Å²) in [6.07, 6.45) is 3.63. The summed E-state index contributed by atoms with van der Waals surface area (Å²) in [5.41, 5.74) is 6.77. The van der Waals surface area contributed by atoms with E-state index in [1.54, 1.807) is 10.7 Å². The summed E-state index contributed by atoms with van der Waals surface area (Å²) in [6, 6.07) is 1.53. The summed E-state index contributed by atoms with van der Waals surface area (Å²) in [5.74, 6) is 1.10. The van der Waals surface area contributed by atoms with Gasteiger partial charge in [0.1, 0.15) is 5.82 Å². The highest BCUT2D eigenvalue weighted by Crippen LogP contribution is 2.20. The molecule has 3 rings (SSSR count). The van der Waals surface area contributed by atoms with Crippen LogP contribution in [0.1, 0.15) is 13.8 Å². The van der Waals surface area contributed by atoms with Crippen molar-refractivity contribution in [1.29, 1.82) is 0 Å². The third kappa shape index (κ3) is 3.18. The minimum atomic E-state index is -0.418. The van der Waals surface area contributed by atoms with E-state index in [-0.39, 0.29) is 11.8 Å². The number of fused-ring (bicyclic) bond motifs is 1. The van der Waals surface area contributed by atoms with Crippen molar-refractivity contribution in [2.24, 2.45) is 11.7 Å². The lowest BCUT2D eigenvalue weighted by atomic mass is 10.0. The molecular formula is C15H21BrN6O. The van der Waals surface area contributed by atoms with Crippen LogP contribution in [-0.2, 0) is 4.79 Å². The van der Waals surface area contributed by atoms with Gasteiger partial charge in [-0.25, -0.2) is 9.50 Å². The Balaban J connectivity index is 1.68. The fourth-order valence-electron chi connectivity index (χ4n) is 2.66. The minimum absolute atomic E-state index is 0.0431. The van der Waals surface area contributed by atoms with Gasteiger partial charge in [0.2, 0.25) is 5.91 Å². The first kappa shape index (κ1) is 16.2. The zero-order chi connectivity index (χ0) is 16.6. The number of anilines is 1. The highest BCUT2D eigenvalue weighted by molar-refractivity contribution is 9.10. The maximum absolute atomic E-state index is 12.3. The van der Waals surface area contributed by atoms with Crippen LogP contribution in [0.2, 0.25) is 0 Å². The number of rotatable bonds is 3. The highest BCUT2D eigenvalue weighted by Gasteiger charge is 2.27. The topological polar surface area (TPSA) is 79.8 Å². The van der Waals surface area contributed by atoms with Gasteiger partial charge < -0.3 is 15.5 Å². The fourth-order valence-corrected chi connectivity index (χ4v) is 3.02. The molecular weight excluding hydrogens is 360 g/mol. The summed E-state index contributed by atoms with van der Waals surface area (Å²) in [7, 11) is 0. The second-order valence-electron chi connectivity index (χ2n) is 6.13. The zero-order valence-electron chi connectivity index (χ0n) is 13.3. The Labute approximate surface area is 143 Å². The van der Waals surface area contributed by atoms with Crippen LogP contribution < -0.4 is 10.6 Å². The monoisotopic (exact) mass is 380 g/mol. The maximum atomic E-state index is 12.3. The molecule has 0 saturated carbocycles. The van der Waals surface area contributed by atoms with Gasteiger partial charge in [0, 0.05) is 32.4 Å². The van der Waals surface area contributed by atoms with Crippen molar-refractivity contribution in [1.82, 2.24) is 19.5 Å². The van der Waals surface area contributed by atoms with Crippen molar-refractivity contribution in [2.75, 3.05) is 31.1 Å². The molecule has 0 radical (unpaired) electrons. The van der Waals surface area contributed by atoms with Crippen LogP contribution in [0.15, 0.2) is 22.9 Å². The van der Waals surface area contributed by atoms with E-state index in [1.807, 2.05) is 31.0 Å². The summed E-state index contributed by atoms with van der Waals surface area (Å²) in [5, 5.41) is 4.20. The second kappa shape index (κ2) is 6.45. The van der Waals surface area contributed by atoms with Gasteiger partial charge in [-0.2, -0.15) is 5.10 Å². The van der Waals surface area contributed by atoms with E-state index in [4.69, 9.17) is 5.73 Å². The summed E-state index contributed by atoms with van der Waals surface area (Å²) < 4.78 is 2.60. The van der Waals surface area contributed by atoms with Gasteiger partial charge in [-0.05, 0) is 27.9 Å². The molecule has 1 aliphatic heterocycles. The smallest absolute Gasteiger partial charge is 0.239 e. The maximum Gasteiger partial charge on any atom is 0.239 e. The lowest BCUT2D eigenvalue weighted by Crippen LogP contribution is -2.54. The van der Waals surface area contributed by atoms with Crippen LogP contribution >= 0.6 is 15.9 Å². The third-order valence-corrected chi connectivity index (χ3v) is 4.79. The van der Waals surface area contributed by atoms with E-state index in [0.29, 0.717) is 13.1 Å². The van der Waals surface area contributed by atoms with Crippen LogP contribution in [0.3, 0.4) is 0 Å². The predicted octanol–water partition coefficient (Wildman–Crippen LogP) is 1.12. The van der Waals surface area contributed by atoms with Gasteiger partial charge in [-0.15, -0.1) is 0 Å². The first-order valence-corrected chi connectivity index (χ1v) is 8.56. The van der Waals surface area contributed by atoms with Gasteiger partial charge >= 0.3 is 0 Å². The summed E-state index contributed by atoms with van der Waals surface area (Å²) in [4.78, 5) is 21.0. The molecule has 2 aromatic rings. The number of carbonyl (C=O) groups is 1. The number of halogens is 1. The number of amides is 1. The molecule has 1 saturated heterocycles. The van der Waals surface area contributed by atoms with Crippen LogP contribution in [0.5, 0.6) is 0 Å². The average Bonchev–Trinajstić information content (AvgIpc) is 2.94. The largest absolute Gasteiger partial charge is 0.353 e. The lowest BCUT2D eigenvalue weighted by molar-refractivity contribution is -0.133. The molecule has 0 bridgehead atoms. The van der Waals surface area contributed by atoms with E-state index < -0.39 is 6.04 Å². The Morgan fingerprint density at radius 2 is 2.00 bits per heavy atom. The molecule has 8 heteroatoms. The lowest BCUT2D eigenvalue weighted by Gasteiger charge is -2.37. The zero-order valence-corrected chi connectivity index (χ0v) is 14.9. The Bertz CT molecular complexity index is 707. The molecule has 2 N–H and O–H groups in total. The van der Waals surface area contributed by atoms with Gasteiger partial charge in [0.05, 0.1) is 16.7 Å². The number of carbonyl (C=O) groups excluding carboxylic acids is 1. The first-order valence-electron chi connectivity index (χ1n) is 7.76. The summed E-state index contributed by atoms with van der Waals surface area (Å²) in [6.45, 7) is 6.80. The quantitative estimate of drug-likeness (QED) is 0.862. The van der Waals surface area contributed by atoms with Crippen molar-refractivity contribution in [2.45, 2.75) is 19.9 Å². The van der Waals surface area contributed by atoms with Gasteiger partial charge in [0.15, 0.2) is 5.65 Å². The van der Waals surface area contributed by atoms with Crippen LogP contribution in [0, 0.1) is 5.92 Å².